The van der Waals surface area contributed by atoms with Gasteiger partial charge in [0.15, 0.2) is 11.5 Å². The molecule has 0 bridgehead atoms. The largest absolute Gasteiger partial charge is 0.493 e. The Labute approximate surface area is 180 Å². The van der Waals surface area contributed by atoms with Crippen LogP contribution >= 0.6 is 0 Å². The van der Waals surface area contributed by atoms with Gasteiger partial charge in [-0.1, -0.05) is 38.2 Å². The normalized spacial score (nSPS) is 18.1. The molecular weight excluding hydrogens is 380 g/mol. The van der Waals surface area contributed by atoms with Crippen molar-refractivity contribution in [2.75, 3.05) is 27.3 Å². The van der Waals surface area contributed by atoms with Gasteiger partial charge in [0.2, 0.25) is 11.8 Å². The van der Waals surface area contributed by atoms with Gasteiger partial charge in [0, 0.05) is 25.6 Å². The van der Waals surface area contributed by atoms with E-state index in [9.17, 15) is 9.59 Å². The van der Waals surface area contributed by atoms with Crippen molar-refractivity contribution in [3.05, 3.63) is 23.8 Å². The topological polar surface area (TPSA) is 67.9 Å². The summed E-state index contributed by atoms with van der Waals surface area (Å²) in [5, 5.41) is 3.13. The van der Waals surface area contributed by atoms with Gasteiger partial charge in [-0.2, -0.15) is 0 Å². The molecule has 1 saturated heterocycles. The van der Waals surface area contributed by atoms with Gasteiger partial charge < -0.3 is 19.7 Å². The number of ether oxygens (including phenoxy) is 2. The molecule has 0 spiro atoms. The summed E-state index contributed by atoms with van der Waals surface area (Å²) in [6, 6.07) is 5.68. The molecule has 2 amide bonds. The lowest BCUT2D eigenvalue weighted by Gasteiger charge is -2.33. The van der Waals surface area contributed by atoms with Crippen LogP contribution in [0, 0.1) is 5.92 Å². The van der Waals surface area contributed by atoms with Gasteiger partial charge in [-0.25, -0.2) is 0 Å². The number of hydrogen-bond donors (Lipinski definition) is 1. The number of nitrogens with one attached hydrogen (secondary N) is 1. The van der Waals surface area contributed by atoms with Crippen molar-refractivity contribution in [1.82, 2.24) is 10.2 Å². The smallest absolute Gasteiger partial charge is 0.224 e. The number of carbonyl (C=O) groups is 2. The number of benzene rings is 1. The van der Waals surface area contributed by atoms with E-state index in [0.717, 1.165) is 43.8 Å². The molecule has 1 aromatic rings. The van der Waals surface area contributed by atoms with Gasteiger partial charge in [0.05, 0.1) is 20.6 Å². The fourth-order valence-electron chi connectivity index (χ4n) is 4.69. The Morgan fingerprint density at radius 2 is 1.70 bits per heavy atom. The minimum Gasteiger partial charge on any atom is -0.493 e. The summed E-state index contributed by atoms with van der Waals surface area (Å²) in [6.45, 7) is 1.48. The fraction of sp³-hybridized carbons (Fsp3) is 0.667. The van der Waals surface area contributed by atoms with Crippen LogP contribution < -0.4 is 14.8 Å². The number of likely N-dealkylation sites (tertiary alicyclic amines) is 1. The number of amides is 2. The Kier molecular flexibility index (Phi) is 8.40. The van der Waals surface area contributed by atoms with Gasteiger partial charge in [0.1, 0.15) is 0 Å². The SMILES string of the molecule is COc1ccc(CC(=O)NC2CCN(C(=O)CCC3CCCCC3)CC2)cc1OC. The maximum atomic E-state index is 12.5. The van der Waals surface area contributed by atoms with Gasteiger partial charge in [-0.3, -0.25) is 9.59 Å². The van der Waals surface area contributed by atoms with Crippen molar-refractivity contribution in [2.24, 2.45) is 5.92 Å². The number of nitrogens with zero attached hydrogens (tertiary/aromatic N) is 1. The van der Waals surface area contributed by atoms with Crippen LogP contribution in [0.25, 0.3) is 0 Å². The Morgan fingerprint density at radius 1 is 1.00 bits per heavy atom. The minimum absolute atomic E-state index is 0.00398. The zero-order chi connectivity index (χ0) is 21.3. The van der Waals surface area contributed by atoms with Gasteiger partial charge in [-0.15, -0.1) is 0 Å². The molecular formula is C24H36N2O4. The zero-order valence-corrected chi connectivity index (χ0v) is 18.5. The third kappa shape index (κ3) is 6.38. The van der Waals surface area contributed by atoms with Crippen molar-refractivity contribution in [1.29, 1.82) is 0 Å². The molecule has 2 fully saturated rings. The summed E-state index contributed by atoms with van der Waals surface area (Å²) < 4.78 is 10.5. The van der Waals surface area contributed by atoms with Crippen molar-refractivity contribution < 1.29 is 19.1 Å². The van der Waals surface area contributed by atoms with Crippen LogP contribution in [0.15, 0.2) is 18.2 Å². The van der Waals surface area contributed by atoms with Crippen LogP contribution in [0.2, 0.25) is 0 Å². The molecule has 2 aliphatic rings. The maximum absolute atomic E-state index is 12.5. The Hall–Kier alpha value is -2.24. The predicted molar refractivity (Wildman–Crippen MR) is 117 cm³/mol. The summed E-state index contributed by atoms with van der Waals surface area (Å²) in [7, 11) is 3.18. The summed E-state index contributed by atoms with van der Waals surface area (Å²) in [6.07, 6.45) is 10.3. The van der Waals surface area contributed by atoms with E-state index < -0.39 is 0 Å². The third-order valence-corrected chi connectivity index (χ3v) is 6.52. The number of methoxy groups -OCH3 is 2. The third-order valence-electron chi connectivity index (χ3n) is 6.52. The maximum Gasteiger partial charge on any atom is 0.224 e. The van der Waals surface area contributed by atoms with Crippen molar-refractivity contribution in [3.8, 4) is 11.5 Å². The first-order valence-electron chi connectivity index (χ1n) is 11.4. The molecule has 6 nitrogen and oxygen atoms in total. The summed E-state index contributed by atoms with van der Waals surface area (Å²) in [4.78, 5) is 27.0. The Balaban J connectivity index is 1.38. The molecule has 0 atom stereocenters. The summed E-state index contributed by atoms with van der Waals surface area (Å²) >= 11 is 0. The van der Waals surface area contributed by atoms with Crippen LogP contribution in [0.4, 0.5) is 0 Å². The average molecular weight is 417 g/mol. The van der Waals surface area contributed by atoms with E-state index in [-0.39, 0.29) is 17.9 Å². The lowest BCUT2D eigenvalue weighted by molar-refractivity contribution is -0.132. The molecule has 1 saturated carbocycles. The quantitative estimate of drug-likeness (QED) is 0.701. The van der Waals surface area contributed by atoms with Crippen LogP contribution in [0.5, 0.6) is 11.5 Å². The Morgan fingerprint density at radius 3 is 2.37 bits per heavy atom. The number of rotatable bonds is 8. The molecule has 0 unspecified atom stereocenters. The predicted octanol–water partition coefficient (Wildman–Crippen LogP) is 3.71. The van der Waals surface area contributed by atoms with Crippen LogP contribution in [-0.4, -0.2) is 50.1 Å². The first-order valence-corrected chi connectivity index (χ1v) is 11.4. The molecule has 6 heteroatoms. The summed E-state index contributed by atoms with van der Waals surface area (Å²) in [5.74, 6) is 2.32. The van der Waals surface area contributed by atoms with Crippen LogP contribution in [0.1, 0.15) is 63.4 Å². The van der Waals surface area contributed by atoms with Crippen LogP contribution in [-0.2, 0) is 16.0 Å². The fourth-order valence-corrected chi connectivity index (χ4v) is 4.69. The molecule has 0 aromatic heterocycles. The second kappa shape index (κ2) is 11.2. The molecule has 30 heavy (non-hydrogen) atoms. The van der Waals surface area contributed by atoms with Crippen molar-refractivity contribution in [2.45, 2.75) is 70.3 Å². The van der Waals surface area contributed by atoms with Gasteiger partial charge >= 0.3 is 0 Å². The number of carbonyl (C=O) groups excluding carboxylic acids is 2. The van der Waals surface area contributed by atoms with E-state index in [4.69, 9.17) is 9.47 Å². The highest BCUT2D eigenvalue weighted by molar-refractivity contribution is 5.79. The van der Waals surface area contributed by atoms with Gasteiger partial charge in [0.25, 0.3) is 0 Å². The lowest BCUT2D eigenvalue weighted by Crippen LogP contribution is -2.46. The number of hydrogen-bond acceptors (Lipinski definition) is 4. The molecule has 1 heterocycles. The average Bonchev–Trinajstić information content (AvgIpc) is 2.78. The van der Waals surface area contributed by atoms with Gasteiger partial charge in [-0.05, 0) is 42.9 Å². The standard InChI is InChI=1S/C24H36N2O4/c1-29-21-10-8-19(16-22(21)30-2)17-23(27)25-20-12-14-26(15-13-20)24(28)11-9-18-6-4-3-5-7-18/h8,10,16,18,20H,3-7,9,11-15,17H2,1-2H3,(H,25,27). The van der Waals surface area contributed by atoms with Crippen LogP contribution in [0.3, 0.4) is 0 Å². The second-order valence-corrected chi connectivity index (χ2v) is 8.63. The monoisotopic (exact) mass is 416 g/mol. The van der Waals surface area contributed by atoms with E-state index in [1.807, 2.05) is 23.1 Å². The Bertz CT molecular complexity index is 707. The van der Waals surface area contributed by atoms with E-state index >= 15 is 0 Å². The first kappa shape index (κ1) is 22.4. The van der Waals surface area contributed by atoms with E-state index in [1.54, 1.807) is 14.2 Å². The molecule has 166 valence electrons. The molecule has 1 N–H and O–H groups in total. The van der Waals surface area contributed by atoms with E-state index in [1.165, 1.54) is 32.1 Å². The minimum atomic E-state index is 0.00398. The first-order chi connectivity index (χ1) is 14.6. The van der Waals surface area contributed by atoms with Crippen molar-refractivity contribution >= 4 is 11.8 Å². The zero-order valence-electron chi connectivity index (χ0n) is 18.5. The molecule has 0 radical (unpaired) electrons. The van der Waals surface area contributed by atoms with Crippen molar-refractivity contribution in [3.63, 3.8) is 0 Å². The number of piperidine rings is 1. The summed E-state index contributed by atoms with van der Waals surface area (Å²) in [5.41, 5.74) is 0.889. The van der Waals surface area contributed by atoms with E-state index in [0.29, 0.717) is 24.3 Å². The highest BCUT2D eigenvalue weighted by Crippen LogP contribution is 2.28. The molecule has 1 aromatic carbocycles. The molecule has 1 aliphatic carbocycles. The lowest BCUT2D eigenvalue weighted by atomic mass is 9.86. The highest BCUT2D eigenvalue weighted by Gasteiger charge is 2.24. The second-order valence-electron chi connectivity index (χ2n) is 8.63. The highest BCUT2D eigenvalue weighted by atomic mass is 16.5. The van der Waals surface area contributed by atoms with E-state index in [2.05, 4.69) is 5.32 Å². The molecule has 1 aliphatic heterocycles. The molecule has 3 rings (SSSR count).